The van der Waals surface area contributed by atoms with Crippen LogP contribution in [0.1, 0.15) is 25.8 Å². The number of carboxylic acid groups (broad SMARTS) is 1. The van der Waals surface area contributed by atoms with Crippen molar-refractivity contribution < 1.29 is 14.7 Å². The Morgan fingerprint density at radius 2 is 2.05 bits per heavy atom. The lowest BCUT2D eigenvalue weighted by Gasteiger charge is -2.25. The first kappa shape index (κ1) is 17.5. The maximum atomic E-state index is 12.1. The van der Waals surface area contributed by atoms with E-state index in [4.69, 9.17) is 5.11 Å². The fourth-order valence-electron chi connectivity index (χ4n) is 1.89. The van der Waals surface area contributed by atoms with Crippen LogP contribution >= 0.6 is 15.9 Å². The smallest absolute Gasteiger partial charge is 0.317 e. The molecule has 0 saturated carbocycles. The summed E-state index contributed by atoms with van der Waals surface area (Å²) < 4.78 is 0.958. The van der Waals surface area contributed by atoms with E-state index in [1.165, 1.54) is 0 Å². The number of halogens is 1. The Balaban J connectivity index is 2.62. The molecule has 0 heterocycles. The van der Waals surface area contributed by atoms with Gasteiger partial charge >= 0.3 is 12.0 Å². The predicted molar refractivity (Wildman–Crippen MR) is 85.0 cm³/mol. The van der Waals surface area contributed by atoms with E-state index < -0.39 is 5.97 Å². The van der Waals surface area contributed by atoms with Crippen LogP contribution in [0.2, 0.25) is 0 Å². The van der Waals surface area contributed by atoms with Crippen LogP contribution in [0, 0.1) is 5.92 Å². The van der Waals surface area contributed by atoms with E-state index in [9.17, 15) is 9.59 Å². The monoisotopic (exact) mass is 356 g/mol. The number of rotatable bonds is 6. The van der Waals surface area contributed by atoms with Crippen molar-refractivity contribution in [1.29, 1.82) is 0 Å². The minimum absolute atomic E-state index is 0.0596. The van der Waals surface area contributed by atoms with E-state index in [1.807, 2.05) is 38.1 Å². The number of nitrogens with one attached hydrogen (secondary N) is 1. The third-order valence-electron chi connectivity index (χ3n) is 3.16. The Hall–Kier alpha value is -1.56. The van der Waals surface area contributed by atoms with Gasteiger partial charge in [-0.2, -0.15) is 0 Å². The molecule has 0 aliphatic carbocycles. The molecule has 0 saturated heterocycles. The molecule has 1 unspecified atom stereocenters. The van der Waals surface area contributed by atoms with Gasteiger partial charge in [-0.15, -0.1) is 0 Å². The zero-order valence-electron chi connectivity index (χ0n) is 12.5. The number of hydrogen-bond donors (Lipinski definition) is 2. The molecule has 6 heteroatoms. The number of urea groups is 1. The molecule has 116 valence electrons. The topological polar surface area (TPSA) is 69.6 Å². The van der Waals surface area contributed by atoms with Gasteiger partial charge in [0.05, 0.1) is 6.42 Å². The third-order valence-corrected chi connectivity index (χ3v) is 3.66. The quantitative estimate of drug-likeness (QED) is 0.822. The number of amides is 2. The van der Waals surface area contributed by atoms with Crippen molar-refractivity contribution >= 4 is 27.9 Å². The Labute approximate surface area is 133 Å². The summed E-state index contributed by atoms with van der Waals surface area (Å²) in [6, 6.07) is 7.07. The number of carbonyl (C=O) groups excluding carboxylic acids is 1. The Morgan fingerprint density at radius 1 is 1.38 bits per heavy atom. The van der Waals surface area contributed by atoms with Crippen LogP contribution in [-0.2, 0) is 11.3 Å². The van der Waals surface area contributed by atoms with Crippen molar-refractivity contribution in [2.24, 2.45) is 5.92 Å². The van der Waals surface area contributed by atoms with E-state index >= 15 is 0 Å². The maximum Gasteiger partial charge on any atom is 0.317 e. The highest BCUT2D eigenvalue weighted by molar-refractivity contribution is 9.10. The highest BCUT2D eigenvalue weighted by atomic mass is 79.9. The molecule has 0 fully saturated rings. The molecular weight excluding hydrogens is 336 g/mol. The number of carbonyl (C=O) groups is 2. The number of carboxylic acids is 1. The van der Waals surface area contributed by atoms with Gasteiger partial charge in [-0.3, -0.25) is 4.79 Å². The molecule has 2 N–H and O–H groups in total. The lowest BCUT2D eigenvalue weighted by Crippen LogP contribution is -2.45. The average Bonchev–Trinajstić information content (AvgIpc) is 2.37. The first-order valence-electron chi connectivity index (χ1n) is 6.77. The van der Waals surface area contributed by atoms with Gasteiger partial charge < -0.3 is 15.3 Å². The van der Waals surface area contributed by atoms with Gasteiger partial charge in [0.25, 0.3) is 0 Å². The molecule has 0 aliphatic rings. The Morgan fingerprint density at radius 3 is 2.57 bits per heavy atom. The van der Waals surface area contributed by atoms with Gasteiger partial charge in [0.15, 0.2) is 0 Å². The number of aliphatic carboxylic acids is 1. The van der Waals surface area contributed by atoms with Crippen molar-refractivity contribution in [3.63, 3.8) is 0 Å². The lowest BCUT2D eigenvalue weighted by molar-refractivity contribution is -0.137. The van der Waals surface area contributed by atoms with Crippen molar-refractivity contribution in [2.75, 3.05) is 7.05 Å². The molecular formula is C15H21BrN2O3. The summed E-state index contributed by atoms with van der Waals surface area (Å²) in [6.45, 7) is 4.24. The van der Waals surface area contributed by atoms with Gasteiger partial charge in [-0.05, 0) is 23.6 Å². The van der Waals surface area contributed by atoms with E-state index in [0.717, 1.165) is 10.0 Å². The van der Waals surface area contributed by atoms with Crippen molar-refractivity contribution in [3.8, 4) is 0 Å². The van der Waals surface area contributed by atoms with E-state index in [0.29, 0.717) is 6.54 Å². The molecule has 1 aromatic rings. The number of nitrogens with zero attached hydrogens (tertiary/aromatic N) is 1. The largest absolute Gasteiger partial charge is 0.481 e. The minimum Gasteiger partial charge on any atom is -0.481 e. The van der Waals surface area contributed by atoms with Gasteiger partial charge in [-0.1, -0.05) is 41.9 Å². The van der Waals surface area contributed by atoms with E-state index in [2.05, 4.69) is 21.2 Å². The Bertz CT molecular complexity index is 505. The molecule has 1 atom stereocenters. The molecule has 0 aromatic heterocycles. The van der Waals surface area contributed by atoms with Crippen molar-refractivity contribution in [1.82, 2.24) is 10.2 Å². The van der Waals surface area contributed by atoms with Crippen LogP contribution in [0.4, 0.5) is 4.79 Å². The van der Waals surface area contributed by atoms with Gasteiger partial charge in [0.2, 0.25) is 0 Å². The molecule has 0 radical (unpaired) electrons. The highest BCUT2D eigenvalue weighted by Gasteiger charge is 2.21. The summed E-state index contributed by atoms with van der Waals surface area (Å²) in [7, 11) is 1.69. The summed E-state index contributed by atoms with van der Waals surface area (Å²) in [5, 5.41) is 11.7. The summed E-state index contributed by atoms with van der Waals surface area (Å²) in [5.74, 6) is -0.854. The van der Waals surface area contributed by atoms with Gasteiger partial charge in [0.1, 0.15) is 0 Å². The molecule has 0 bridgehead atoms. The first-order valence-corrected chi connectivity index (χ1v) is 7.56. The maximum absolute atomic E-state index is 12.1. The Kier molecular flexibility index (Phi) is 6.68. The highest BCUT2D eigenvalue weighted by Crippen LogP contribution is 2.13. The predicted octanol–water partition coefficient (Wildman–Crippen LogP) is 3.09. The minimum atomic E-state index is -0.913. The number of benzene rings is 1. The number of hydrogen-bond acceptors (Lipinski definition) is 2. The standard InChI is InChI=1S/C15H21BrN2O3/c1-10(2)13(8-14(19)20)17-15(21)18(3)9-11-5-4-6-12(16)7-11/h4-7,10,13H,8-9H2,1-3H3,(H,17,21)(H,19,20). The van der Waals surface area contributed by atoms with E-state index in [-0.39, 0.29) is 24.4 Å². The molecule has 1 aromatic carbocycles. The second-order valence-corrected chi connectivity index (χ2v) is 6.30. The summed E-state index contributed by atoms with van der Waals surface area (Å²) in [6.07, 6.45) is -0.0753. The average molecular weight is 357 g/mol. The zero-order valence-corrected chi connectivity index (χ0v) is 14.1. The molecule has 0 spiro atoms. The molecule has 1 rings (SSSR count). The first-order chi connectivity index (χ1) is 9.79. The van der Waals surface area contributed by atoms with Crippen LogP contribution in [0.15, 0.2) is 28.7 Å². The molecule has 21 heavy (non-hydrogen) atoms. The fourth-order valence-corrected chi connectivity index (χ4v) is 2.34. The van der Waals surface area contributed by atoms with Crippen molar-refractivity contribution in [3.05, 3.63) is 34.3 Å². The second-order valence-electron chi connectivity index (χ2n) is 5.38. The third kappa shape index (κ3) is 6.16. The fraction of sp³-hybridized carbons (Fsp3) is 0.467. The molecule has 2 amide bonds. The van der Waals surface area contributed by atoms with Crippen LogP contribution in [0.5, 0.6) is 0 Å². The second kappa shape index (κ2) is 8.02. The SMILES string of the molecule is CC(C)C(CC(=O)O)NC(=O)N(C)Cc1cccc(Br)c1. The summed E-state index contributed by atoms with van der Waals surface area (Å²) in [4.78, 5) is 24.5. The normalized spacial score (nSPS) is 12.0. The van der Waals surface area contributed by atoms with Crippen LogP contribution in [0.25, 0.3) is 0 Å². The van der Waals surface area contributed by atoms with Crippen LogP contribution < -0.4 is 5.32 Å². The zero-order chi connectivity index (χ0) is 16.0. The summed E-state index contributed by atoms with van der Waals surface area (Å²) >= 11 is 3.39. The van der Waals surface area contributed by atoms with Crippen LogP contribution in [0.3, 0.4) is 0 Å². The lowest BCUT2D eigenvalue weighted by atomic mass is 10.0. The van der Waals surface area contributed by atoms with Gasteiger partial charge in [0, 0.05) is 24.1 Å². The molecule has 5 nitrogen and oxygen atoms in total. The van der Waals surface area contributed by atoms with E-state index in [1.54, 1.807) is 11.9 Å². The van der Waals surface area contributed by atoms with Gasteiger partial charge in [-0.25, -0.2) is 4.79 Å². The molecule has 0 aliphatic heterocycles. The summed E-state index contributed by atoms with van der Waals surface area (Å²) in [5.41, 5.74) is 1.00. The van der Waals surface area contributed by atoms with Crippen molar-refractivity contribution in [2.45, 2.75) is 32.9 Å². The van der Waals surface area contributed by atoms with Crippen LogP contribution in [-0.4, -0.2) is 35.1 Å².